The number of hydrogen-bond donors (Lipinski definition) is 1. The molecule has 1 fully saturated rings. The smallest absolute Gasteiger partial charge is 0.349 e. The molecule has 1 aliphatic carbocycles. The monoisotopic (exact) mass is 626 g/mol. The van der Waals surface area contributed by atoms with Gasteiger partial charge in [0.15, 0.2) is 0 Å². The van der Waals surface area contributed by atoms with E-state index in [2.05, 4.69) is 15.2 Å². The molecule has 1 saturated heterocycles. The number of benzene rings is 3. The van der Waals surface area contributed by atoms with Crippen LogP contribution in [0.25, 0.3) is 22.4 Å². The lowest BCUT2D eigenvalue weighted by Crippen LogP contribution is -2.45. The highest BCUT2D eigenvalue weighted by Gasteiger charge is 2.40. The van der Waals surface area contributed by atoms with Gasteiger partial charge in [-0.15, -0.1) is 0 Å². The number of unbranched alkanes of at least 4 members (excludes halogenated alkanes) is 1. The molecule has 0 spiro atoms. The first-order valence-electron chi connectivity index (χ1n) is 15.9. The van der Waals surface area contributed by atoms with Gasteiger partial charge in [-0.1, -0.05) is 72.8 Å². The first-order chi connectivity index (χ1) is 22.3. The number of hydrogen-bond acceptors (Lipinski definition) is 4. The zero-order valence-electron chi connectivity index (χ0n) is 25.5. The highest BCUT2D eigenvalue weighted by molar-refractivity contribution is 6.00. The van der Waals surface area contributed by atoms with Gasteiger partial charge in [-0.25, -0.2) is 0 Å². The van der Waals surface area contributed by atoms with Crippen molar-refractivity contribution in [3.63, 3.8) is 0 Å². The molecule has 3 aromatic carbocycles. The van der Waals surface area contributed by atoms with Crippen molar-refractivity contribution < 1.29 is 22.8 Å². The van der Waals surface area contributed by atoms with Crippen LogP contribution >= 0.6 is 0 Å². The lowest BCUT2D eigenvalue weighted by molar-refractivity contribution is -0.161. The number of nitrogens with one attached hydrogen (secondary N) is 1. The summed E-state index contributed by atoms with van der Waals surface area (Å²) in [6.45, 7) is 1.08. The Morgan fingerprint density at radius 1 is 0.804 bits per heavy atom. The number of fused-ring (bicyclic) bond motifs is 3. The van der Waals surface area contributed by atoms with Gasteiger partial charge < -0.3 is 15.1 Å². The van der Waals surface area contributed by atoms with E-state index in [1.54, 1.807) is 6.20 Å². The van der Waals surface area contributed by atoms with Crippen LogP contribution in [0, 0.1) is 0 Å². The van der Waals surface area contributed by atoms with E-state index in [9.17, 15) is 22.8 Å². The van der Waals surface area contributed by atoms with Crippen molar-refractivity contribution >= 4 is 11.8 Å². The minimum Gasteiger partial charge on any atom is -0.349 e. The number of carbonyl (C=O) groups excluding carboxylic acids is 2. The maximum absolute atomic E-state index is 13.8. The van der Waals surface area contributed by atoms with Gasteiger partial charge in [0, 0.05) is 43.0 Å². The van der Waals surface area contributed by atoms with Crippen LogP contribution in [0.3, 0.4) is 0 Å². The minimum absolute atomic E-state index is 0.0394. The van der Waals surface area contributed by atoms with Crippen LogP contribution in [-0.4, -0.2) is 71.5 Å². The highest BCUT2D eigenvalue weighted by Crippen LogP contribution is 2.45. The van der Waals surface area contributed by atoms with E-state index in [0.717, 1.165) is 70.9 Å². The van der Waals surface area contributed by atoms with Crippen LogP contribution in [0.2, 0.25) is 0 Å². The van der Waals surface area contributed by atoms with Gasteiger partial charge >= 0.3 is 6.18 Å². The van der Waals surface area contributed by atoms with E-state index in [0.29, 0.717) is 18.4 Å². The van der Waals surface area contributed by atoms with Crippen molar-refractivity contribution in [1.82, 2.24) is 20.1 Å². The van der Waals surface area contributed by atoms with E-state index in [-0.39, 0.29) is 18.5 Å². The maximum Gasteiger partial charge on any atom is 0.406 e. The molecule has 0 radical (unpaired) electrons. The lowest BCUT2D eigenvalue weighted by Gasteiger charge is -2.33. The standard InChI is InChI=1S/C37H37F3N4O2/c38-37(39,40)25-44(36(46)34-30-14-4-1-11-27(30)28-12-2-5-15-31(28)34)22-10-9-21-43-23-18-26(19-24-43)42-35(45)32-16-6-3-13-29(32)33-17-7-8-20-41-33/h1-8,11-17,20,26,34H,9-10,18-19,21-25H2,(H,42,45). The number of nitrogens with zero attached hydrogens (tertiary/aromatic N) is 3. The fourth-order valence-electron chi connectivity index (χ4n) is 6.72. The fraction of sp³-hybridized carbons (Fsp3) is 0.324. The summed E-state index contributed by atoms with van der Waals surface area (Å²) in [7, 11) is 0. The van der Waals surface area contributed by atoms with Crippen molar-refractivity contribution in [3.05, 3.63) is 114 Å². The molecular formula is C37H37F3N4O2. The van der Waals surface area contributed by atoms with Gasteiger partial charge in [0.1, 0.15) is 6.54 Å². The SMILES string of the molecule is O=C(NC1CCN(CCCCN(CC(F)(F)F)C(=O)C2c3ccccc3-c3ccccc32)CC1)c1ccccc1-c1ccccn1. The van der Waals surface area contributed by atoms with Gasteiger partial charge in [0.2, 0.25) is 5.91 Å². The van der Waals surface area contributed by atoms with Gasteiger partial charge in [-0.2, -0.15) is 13.2 Å². The third-order valence-electron chi connectivity index (χ3n) is 8.95. The summed E-state index contributed by atoms with van der Waals surface area (Å²) in [5.41, 5.74) is 5.45. The van der Waals surface area contributed by atoms with Crippen molar-refractivity contribution in [3.8, 4) is 22.4 Å². The Kier molecular flexibility index (Phi) is 9.49. The lowest BCUT2D eigenvalue weighted by atomic mass is 9.95. The van der Waals surface area contributed by atoms with Crippen LogP contribution in [0.15, 0.2) is 97.2 Å². The Bertz CT molecular complexity index is 1620. The fourth-order valence-corrected chi connectivity index (χ4v) is 6.72. The molecule has 0 atom stereocenters. The molecule has 0 bridgehead atoms. The van der Waals surface area contributed by atoms with Gasteiger partial charge in [-0.05, 0) is 72.7 Å². The number of alkyl halides is 3. The van der Waals surface area contributed by atoms with Crippen LogP contribution in [0.1, 0.15) is 53.1 Å². The molecule has 2 amide bonds. The zero-order chi connectivity index (χ0) is 32.1. The van der Waals surface area contributed by atoms with Crippen molar-refractivity contribution in [2.24, 2.45) is 0 Å². The second-order valence-electron chi connectivity index (χ2n) is 12.0. The number of amides is 2. The Morgan fingerprint density at radius 3 is 2.04 bits per heavy atom. The summed E-state index contributed by atoms with van der Waals surface area (Å²) in [6, 6.07) is 28.1. The second kappa shape index (κ2) is 13.9. The zero-order valence-corrected chi connectivity index (χ0v) is 25.5. The normalized spacial score (nSPS) is 15.3. The first-order valence-corrected chi connectivity index (χ1v) is 15.9. The molecule has 2 aliphatic rings. The number of aromatic nitrogens is 1. The Balaban J connectivity index is 1.01. The molecule has 46 heavy (non-hydrogen) atoms. The summed E-state index contributed by atoms with van der Waals surface area (Å²) in [6.07, 6.45) is -0.0584. The van der Waals surface area contributed by atoms with E-state index >= 15 is 0 Å². The number of likely N-dealkylation sites (tertiary alicyclic amines) is 1. The number of rotatable bonds is 10. The van der Waals surface area contributed by atoms with Gasteiger partial charge in [0.25, 0.3) is 5.91 Å². The summed E-state index contributed by atoms with van der Waals surface area (Å²) < 4.78 is 41.0. The third-order valence-corrected chi connectivity index (χ3v) is 8.95. The average Bonchev–Trinajstić information content (AvgIpc) is 3.41. The first kappa shape index (κ1) is 31.5. The largest absolute Gasteiger partial charge is 0.406 e. The Hall–Kier alpha value is -4.50. The number of halogens is 3. The molecule has 9 heteroatoms. The molecule has 6 rings (SSSR count). The molecule has 1 aromatic heterocycles. The molecule has 1 aliphatic heterocycles. The van der Waals surface area contributed by atoms with Gasteiger partial charge in [-0.3, -0.25) is 14.6 Å². The molecule has 238 valence electrons. The maximum atomic E-state index is 13.8. The third kappa shape index (κ3) is 7.15. The van der Waals surface area contributed by atoms with Crippen LogP contribution < -0.4 is 5.32 Å². The minimum atomic E-state index is -4.49. The van der Waals surface area contributed by atoms with Gasteiger partial charge in [0.05, 0.1) is 11.6 Å². The molecule has 4 aromatic rings. The summed E-state index contributed by atoms with van der Waals surface area (Å²) in [4.78, 5) is 34.6. The quantitative estimate of drug-likeness (QED) is 0.194. The summed E-state index contributed by atoms with van der Waals surface area (Å²) in [5.74, 6) is -1.36. The van der Waals surface area contributed by atoms with Crippen LogP contribution in [0.4, 0.5) is 13.2 Å². The Morgan fingerprint density at radius 2 is 1.41 bits per heavy atom. The van der Waals surface area contributed by atoms with Crippen LogP contribution in [-0.2, 0) is 4.79 Å². The number of carbonyl (C=O) groups is 2. The predicted octanol–water partition coefficient (Wildman–Crippen LogP) is 6.93. The predicted molar refractivity (Wildman–Crippen MR) is 172 cm³/mol. The second-order valence-corrected chi connectivity index (χ2v) is 12.0. The molecule has 0 unspecified atom stereocenters. The van der Waals surface area contributed by atoms with E-state index in [1.807, 2.05) is 91.0 Å². The van der Waals surface area contributed by atoms with E-state index in [4.69, 9.17) is 0 Å². The highest BCUT2D eigenvalue weighted by atomic mass is 19.4. The summed E-state index contributed by atoms with van der Waals surface area (Å²) in [5, 5.41) is 3.18. The topological polar surface area (TPSA) is 65.5 Å². The number of piperidine rings is 1. The average molecular weight is 627 g/mol. The van der Waals surface area contributed by atoms with Crippen LogP contribution in [0.5, 0.6) is 0 Å². The van der Waals surface area contributed by atoms with Crippen molar-refractivity contribution in [1.29, 1.82) is 0 Å². The van der Waals surface area contributed by atoms with E-state index in [1.165, 1.54) is 0 Å². The molecule has 2 heterocycles. The van der Waals surface area contributed by atoms with Crippen molar-refractivity contribution in [2.45, 2.75) is 43.8 Å². The molecule has 6 nitrogen and oxygen atoms in total. The Labute approximate surface area is 267 Å². The molecule has 1 N–H and O–H groups in total. The molecule has 0 saturated carbocycles. The summed E-state index contributed by atoms with van der Waals surface area (Å²) >= 11 is 0. The molecular weight excluding hydrogens is 589 g/mol. The van der Waals surface area contributed by atoms with E-state index < -0.39 is 24.5 Å². The number of pyridine rings is 1. The van der Waals surface area contributed by atoms with Crippen molar-refractivity contribution in [2.75, 3.05) is 32.7 Å².